The molecule has 2 rings (SSSR count). The Balaban J connectivity index is 2.03. The van der Waals surface area contributed by atoms with Gasteiger partial charge in [-0.05, 0) is 35.9 Å². The summed E-state index contributed by atoms with van der Waals surface area (Å²) < 4.78 is 26.1. The molecule has 0 spiro atoms. The van der Waals surface area contributed by atoms with Crippen molar-refractivity contribution in [3.63, 3.8) is 0 Å². The Hall–Kier alpha value is -2.69. The second-order valence-corrected chi connectivity index (χ2v) is 4.04. The normalized spacial score (nSPS) is 10.7. The van der Waals surface area contributed by atoms with Gasteiger partial charge in [-0.15, -0.1) is 0 Å². The number of rotatable bonds is 3. The highest BCUT2D eigenvalue weighted by Gasteiger charge is 2.05. The Morgan fingerprint density at radius 1 is 1.10 bits per heavy atom. The number of carbonyl (C=O) groups is 1. The second kappa shape index (κ2) is 5.97. The maximum absolute atomic E-state index is 13.4. The van der Waals surface area contributed by atoms with Gasteiger partial charge in [0, 0.05) is 12.1 Å². The first-order valence-corrected chi connectivity index (χ1v) is 5.78. The molecule has 0 saturated heterocycles. The predicted octanol–water partition coefficient (Wildman–Crippen LogP) is 3.32. The molecule has 0 fully saturated rings. The van der Waals surface area contributed by atoms with Crippen LogP contribution in [0.4, 0.5) is 14.5 Å². The van der Waals surface area contributed by atoms with E-state index in [0.29, 0.717) is 5.56 Å². The van der Waals surface area contributed by atoms with Crippen LogP contribution in [-0.4, -0.2) is 11.0 Å². The SMILES string of the molecule is O=C(C=Cc1ccc(F)cc1)Nc1ccc(O)cc1F. The zero-order valence-corrected chi connectivity index (χ0v) is 10.3. The molecule has 3 nitrogen and oxygen atoms in total. The number of nitrogens with one attached hydrogen (secondary N) is 1. The summed E-state index contributed by atoms with van der Waals surface area (Å²) >= 11 is 0. The van der Waals surface area contributed by atoms with E-state index < -0.39 is 11.7 Å². The standard InChI is InChI=1S/C15H11F2NO2/c16-11-4-1-10(2-5-11)3-8-15(20)18-14-7-6-12(19)9-13(14)17/h1-9,19H,(H,18,20). The number of anilines is 1. The van der Waals surface area contributed by atoms with Crippen molar-refractivity contribution in [2.24, 2.45) is 0 Å². The van der Waals surface area contributed by atoms with Gasteiger partial charge in [0.15, 0.2) is 0 Å². The molecule has 0 aliphatic rings. The number of benzene rings is 2. The highest BCUT2D eigenvalue weighted by molar-refractivity contribution is 6.02. The van der Waals surface area contributed by atoms with E-state index in [1.54, 1.807) is 0 Å². The predicted molar refractivity (Wildman–Crippen MR) is 72.1 cm³/mol. The van der Waals surface area contributed by atoms with E-state index in [1.165, 1.54) is 48.6 Å². The number of hydrogen-bond donors (Lipinski definition) is 2. The molecule has 0 aliphatic heterocycles. The Labute approximate surface area is 114 Å². The zero-order valence-electron chi connectivity index (χ0n) is 10.3. The number of halogens is 2. The number of carbonyl (C=O) groups excluding carboxylic acids is 1. The van der Waals surface area contributed by atoms with Crippen molar-refractivity contribution in [2.75, 3.05) is 5.32 Å². The van der Waals surface area contributed by atoms with Crippen LogP contribution in [0.2, 0.25) is 0 Å². The fraction of sp³-hybridized carbons (Fsp3) is 0. The van der Waals surface area contributed by atoms with Gasteiger partial charge in [0.2, 0.25) is 5.91 Å². The van der Waals surface area contributed by atoms with Gasteiger partial charge in [0.1, 0.15) is 17.4 Å². The first-order chi connectivity index (χ1) is 9.54. The van der Waals surface area contributed by atoms with Crippen LogP contribution >= 0.6 is 0 Å². The molecule has 0 radical (unpaired) electrons. The lowest BCUT2D eigenvalue weighted by molar-refractivity contribution is -0.111. The summed E-state index contributed by atoms with van der Waals surface area (Å²) in [5, 5.41) is 11.4. The van der Waals surface area contributed by atoms with Crippen molar-refractivity contribution in [1.29, 1.82) is 0 Å². The summed E-state index contributed by atoms with van der Waals surface area (Å²) in [7, 11) is 0. The topological polar surface area (TPSA) is 49.3 Å². The van der Waals surface area contributed by atoms with Gasteiger partial charge >= 0.3 is 0 Å². The Kier molecular flexibility index (Phi) is 4.10. The molecule has 0 saturated carbocycles. The van der Waals surface area contributed by atoms with Crippen LogP contribution in [0.1, 0.15) is 5.56 Å². The minimum atomic E-state index is -0.728. The van der Waals surface area contributed by atoms with Crippen LogP contribution in [-0.2, 0) is 4.79 Å². The van der Waals surface area contributed by atoms with Gasteiger partial charge < -0.3 is 10.4 Å². The molecule has 0 aliphatic carbocycles. The van der Waals surface area contributed by atoms with E-state index >= 15 is 0 Å². The van der Waals surface area contributed by atoms with Gasteiger partial charge in [-0.2, -0.15) is 0 Å². The highest BCUT2D eigenvalue weighted by Crippen LogP contribution is 2.19. The van der Waals surface area contributed by atoms with Crippen molar-refractivity contribution >= 4 is 17.7 Å². The van der Waals surface area contributed by atoms with E-state index in [-0.39, 0.29) is 17.3 Å². The maximum Gasteiger partial charge on any atom is 0.248 e. The Morgan fingerprint density at radius 2 is 1.80 bits per heavy atom. The second-order valence-electron chi connectivity index (χ2n) is 4.04. The number of phenolic OH excluding ortho intramolecular Hbond substituents is 1. The molecule has 0 atom stereocenters. The summed E-state index contributed by atoms with van der Waals surface area (Å²) in [6.45, 7) is 0. The van der Waals surface area contributed by atoms with Gasteiger partial charge in [-0.3, -0.25) is 4.79 Å². The van der Waals surface area contributed by atoms with Crippen LogP contribution in [0, 0.1) is 11.6 Å². The molecule has 0 aromatic heterocycles. The van der Waals surface area contributed by atoms with Crippen LogP contribution in [0.15, 0.2) is 48.5 Å². The van der Waals surface area contributed by atoms with Crippen LogP contribution < -0.4 is 5.32 Å². The van der Waals surface area contributed by atoms with Gasteiger partial charge in [-0.1, -0.05) is 12.1 Å². The van der Waals surface area contributed by atoms with Crippen molar-refractivity contribution in [3.05, 3.63) is 65.7 Å². The monoisotopic (exact) mass is 275 g/mol. The Bertz CT molecular complexity index is 651. The van der Waals surface area contributed by atoms with Crippen molar-refractivity contribution in [1.82, 2.24) is 0 Å². The van der Waals surface area contributed by atoms with Crippen LogP contribution in [0.3, 0.4) is 0 Å². The fourth-order valence-corrected chi connectivity index (χ4v) is 1.53. The number of hydrogen-bond acceptors (Lipinski definition) is 2. The average Bonchev–Trinajstić information content (AvgIpc) is 2.41. The lowest BCUT2D eigenvalue weighted by Crippen LogP contribution is -2.09. The van der Waals surface area contributed by atoms with Crippen molar-refractivity contribution < 1.29 is 18.7 Å². The molecule has 0 heterocycles. The van der Waals surface area contributed by atoms with E-state index in [0.717, 1.165) is 6.07 Å². The lowest BCUT2D eigenvalue weighted by atomic mass is 10.2. The molecule has 2 aromatic carbocycles. The molecule has 2 N–H and O–H groups in total. The minimum absolute atomic E-state index is 0.0310. The molecule has 1 amide bonds. The molecule has 20 heavy (non-hydrogen) atoms. The quantitative estimate of drug-likeness (QED) is 0.667. The fourth-order valence-electron chi connectivity index (χ4n) is 1.53. The highest BCUT2D eigenvalue weighted by atomic mass is 19.1. The molecule has 0 bridgehead atoms. The number of aromatic hydroxyl groups is 1. The first kappa shape index (κ1) is 13.7. The summed E-state index contributed by atoms with van der Waals surface area (Å²) in [5.74, 6) is -1.84. The van der Waals surface area contributed by atoms with E-state index in [1.807, 2.05) is 0 Å². The summed E-state index contributed by atoms with van der Waals surface area (Å²) in [5.41, 5.74) is 0.615. The zero-order chi connectivity index (χ0) is 14.5. The van der Waals surface area contributed by atoms with Gasteiger partial charge in [0.05, 0.1) is 5.69 Å². The third-order valence-corrected chi connectivity index (χ3v) is 2.51. The van der Waals surface area contributed by atoms with E-state index in [9.17, 15) is 13.6 Å². The largest absolute Gasteiger partial charge is 0.508 e. The molecule has 102 valence electrons. The van der Waals surface area contributed by atoms with Crippen molar-refractivity contribution in [3.8, 4) is 5.75 Å². The number of amides is 1. The maximum atomic E-state index is 13.4. The molecular formula is C15H11F2NO2. The first-order valence-electron chi connectivity index (χ1n) is 5.78. The summed E-state index contributed by atoms with van der Waals surface area (Å²) in [6.07, 6.45) is 2.69. The smallest absolute Gasteiger partial charge is 0.248 e. The number of phenols is 1. The third-order valence-electron chi connectivity index (χ3n) is 2.51. The molecular weight excluding hydrogens is 264 g/mol. The Morgan fingerprint density at radius 3 is 2.45 bits per heavy atom. The van der Waals surface area contributed by atoms with E-state index in [2.05, 4.69) is 5.32 Å². The average molecular weight is 275 g/mol. The van der Waals surface area contributed by atoms with Crippen molar-refractivity contribution in [2.45, 2.75) is 0 Å². The summed E-state index contributed by atoms with van der Waals surface area (Å²) in [4.78, 5) is 11.6. The summed E-state index contributed by atoms with van der Waals surface area (Å²) in [6, 6.07) is 9.00. The van der Waals surface area contributed by atoms with E-state index in [4.69, 9.17) is 5.11 Å². The molecule has 5 heteroatoms. The van der Waals surface area contributed by atoms with Crippen LogP contribution in [0.25, 0.3) is 6.08 Å². The third kappa shape index (κ3) is 3.65. The molecule has 0 unspecified atom stereocenters. The minimum Gasteiger partial charge on any atom is -0.508 e. The molecule has 2 aromatic rings. The lowest BCUT2D eigenvalue weighted by Gasteiger charge is -2.03. The van der Waals surface area contributed by atoms with Gasteiger partial charge in [0.25, 0.3) is 0 Å². The van der Waals surface area contributed by atoms with Gasteiger partial charge in [-0.25, -0.2) is 8.78 Å². The van der Waals surface area contributed by atoms with Crippen LogP contribution in [0.5, 0.6) is 5.75 Å².